The van der Waals surface area contributed by atoms with Crippen LogP contribution in [0.4, 0.5) is 0 Å². The zero-order valence-electron chi connectivity index (χ0n) is 6.10. The van der Waals surface area contributed by atoms with Crippen molar-refractivity contribution in [2.45, 2.75) is 11.8 Å². The van der Waals surface area contributed by atoms with Crippen molar-refractivity contribution in [3.8, 4) is 0 Å². The monoisotopic (exact) mass is 342 g/mol. The first-order valence-electron chi connectivity index (χ1n) is 3.32. The minimum atomic E-state index is 1.14. The largest absolute Gasteiger partial charge is 0.126 e. The predicted molar refractivity (Wildman–Crippen MR) is 63.3 cm³/mol. The van der Waals surface area contributed by atoms with Gasteiger partial charge in [0.25, 0.3) is 0 Å². The van der Waals surface area contributed by atoms with Crippen LogP contribution in [-0.4, -0.2) is 5.75 Å². The van der Waals surface area contributed by atoms with E-state index in [2.05, 4.69) is 63.6 Å². The molecule has 11 heavy (non-hydrogen) atoms. The Kier molecular flexibility index (Phi) is 4.23. The van der Waals surface area contributed by atoms with Crippen LogP contribution in [0, 0.1) is 3.57 Å². The lowest BCUT2D eigenvalue weighted by Gasteiger charge is -2.00. The van der Waals surface area contributed by atoms with Gasteiger partial charge in [-0.25, -0.2) is 0 Å². The Labute approximate surface area is 93.4 Å². The smallest absolute Gasteiger partial charge is 0.0309 e. The summed E-state index contributed by atoms with van der Waals surface area (Å²) < 4.78 is 2.46. The molecule has 0 unspecified atom stereocenters. The molecule has 0 aromatic heterocycles. The summed E-state index contributed by atoms with van der Waals surface area (Å²) in [5.74, 6) is 1.14. The summed E-state index contributed by atoms with van der Waals surface area (Å²) in [4.78, 5) is 1.35. The Balaban J connectivity index is 2.86. The van der Waals surface area contributed by atoms with Gasteiger partial charge in [-0.1, -0.05) is 6.92 Å². The van der Waals surface area contributed by atoms with E-state index < -0.39 is 0 Å². The Bertz CT molecular complexity index is 250. The quantitative estimate of drug-likeness (QED) is 0.574. The van der Waals surface area contributed by atoms with Gasteiger partial charge in [-0.05, 0) is 62.5 Å². The molecule has 0 amide bonds. The van der Waals surface area contributed by atoms with Crippen LogP contribution in [0.15, 0.2) is 27.6 Å². The highest BCUT2D eigenvalue weighted by Crippen LogP contribution is 2.25. The molecule has 0 heterocycles. The summed E-state index contributed by atoms with van der Waals surface area (Å²) in [6.45, 7) is 2.17. The number of thioether (sulfide) groups is 1. The van der Waals surface area contributed by atoms with Crippen molar-refractivity contribution in [2.75, 3.05) is 5.75 Å². The number of benzene rings is 1. The average Bonchev–Trinajstić information content (AvgIpc) is 1.98. The molecule has 0 radical (unpaired) electrons. The van der Waals surface area contributed by atoms with E-state index in [-0.39, 0.29) is 0 Å². The van der Waals surface area contributed by atoms with E-state index in [0.717, 1.165) is 5.75 Å². The maximum Gasteiger partial charge on any atom is 0.0309 e. The maximum absolute atomic E-state index is 3.46. The normalized spacial score (nSPS) is 10.1. The van der Waals surface area contributed by atoms with Gasteiger partial charge in [-0.3, -0.25) is 0 Å². The lowest BCUT2D eigenvalue weighted by atomic mass is 10.4. The Morgan fingerprint density at radius 2 is 2.27 bits per heavy atom. The first-order chi connectivity index (χ1) is 5.24. The molecule has 1 aromatic rings. The van der Waals surface area contributed by atoms with Gasteiger partial charge in [0.15, 0.2) is 0 Å². The van der Waals surface area contributed by atoms with Gasteiger partial charge in [-0.15, -0.1) is 11.8 Å². The number of hydrogen-bond acceptors (Lipinski definition) is 1. The molecule has 3 heteroatoms. The topological polar surface area (TPSA) is 0 Å². The SMILES string of the molecule is CCSc1ccc(Br)c(I)c1. The lowest BCUT2D eigenvalue weighted by molar-refractivity contribution is 1.39. The summed E-state index contributed by atoms with van der Waals surface area (Å²) in [5.41, 5.74) is 0. The number of hydrogen-bond donors (Lipinski definition) is 0. The first-order valence-corrected chi connectivity index (χ1v) is 6.17. The number of halogens is 2. The zero-order chi connectivity index (χ0) is 8.27. The lowest BCUT2D eigenvalue weighted by Crippen LogP contribution is -1.77. The van der Waals surface area contributed by atoms with Gasteiger partial charge in [0.1, 0.15) is 0 Å². The summed E-state index contributed by atoms with van der Waals surface area (Å²) >= 11 is 7.67. The second-order valence-electron chi connectivity index (χ2n) is 2.01. The fourth-order valence-electron chi connectivity index (χ4n) is 0.733. The molecule has 0 saturated carbocycles. The molecule has 0 nitrogen and oxygen atoms in total. The minimum absolute atomic E-state index is 1.14. The third-order valence-corrected chi connectivity index (χ3v) is 4.40. The van der Waals surface area contributed by atoms with Gasteiger partial charge in [0.2, 0.25) is 0 Å². The third kappa shape index (κ3) is 2.95. The van der Waals surface area contributed by atoms with Crippen LogP contribution in [-0.2, 0) is 0 Å². The van der Waals surface area contributed by atoms with Crippen LogP contribution >= 0.6 is 50.3 Å². The molecule has 0 aliphatic rings. The van der Waals surface area contributed by atoms with Crippen LogP contribution in [0.3, 0.4) is 0 Å². The van der Waals surface area contributed by atoms with Crippen LogP contribution < -0.4 is 0 Å². The highest BCUT2D eigenvalue weighted by Gasteiger charge is 1.96. The van der Waals surface area contributed by atoms with Gasteiger partial charge in [0.05, 0.1) is 0 Å². The predicted octanol–water partition coefficient (Wildman–Crippen LogP) is 4.17. The molecule has 0 saturated heterocycles. The highest BCUT2D eigenvalue weighted by molar-refractivity contribution is 14.1. The summed E-state index contributed by atoms with van der Waals surface area (Å²) in [6, 6.07) is 6.43. The Hall–Kier alpha value is 0.780. The van der Waals surface area contributed by atoms with E-state index in [1.165, 1.54) is 12.9 Å². The molecule has 0 bridgehead atoms. The Morgan fingerprint density at radius 1 is 1.55 bits per heavy atom. The molecule has 0 N–H and O–H groups in total. The van der Waals surface area contributed by atoms with E-state index >= 15 is 0 Å². The summed E-state index contributed by atoms with van der Waals surface area (Å²) in [6.07, 6.45) is 0. The van der Waals surface area contributed by atoms with Gasteiger partial charge >= 0.3 is 0 Å². The molecular weight excluding hydrogens is 335 g/mol. The van der Waals surface area contributed by atoms with Crippen molar-refractivity contribution in [1.29, 1.82) is 0 Å². The first kappa shape index (κ1) is 9.86. The molecule has 0 aliphatic heterocycles. The van der Waals surface area contributed by atoms with E-state index in [4.69, 9.17) is 0 Å². The van der Waals surface area contributed by atoms with Crippen LogP contribution in [0.25, 0.3) is 0 Å². The second kappa shape index (κ2) is 4.72. The van der Waals surface area contributed by atoms with Crippen LogP contribution in [0.2, 0.25) is 0 Å². The minimum Gasteiger partial charge on any atom is -0.126 e. The van der Waals surface area contributed by atoms with Gasteiger partial charge in [-0.2, -0.15) is 0 Å². The highest BCUT2D eigenvalue weighted by atomic mass is 127. The fraction of sp³-hybridized carbons (Fsp3) is 0.250. The molecule has 0 aliphatic carbocycles. The number of rotatable bonds is 2. The van der Waals surface area contributed by atoms with Crippen molar-refractivity contribution in [3.05, 3.63) is 26.2 Å². The van der Waals surface area contributed by atoms with Crippen molar-refractivity contribution in [3.63, 3.8) is 0 Å². The summed E-state index contributed by atoms with van der Waals surface area (Å²) in [7, 11) is 0. The fourth-order valence-corrected chi connectivity index (χ4v) is 2.41. The standard InChI is InChI=1S/C8H8BrIS/c1-2-11-6-3-4-7(9)8(10)5-6/h3-5H,2H2,1H3. The third-order valence-electron chi connectivity index (χ3n) is 1.20. The van der Waals surface area contributed by atoms with E-state index in [0.29, 0.717) is 0 Å². The molecule has 1 aromatic carbocycles. The maximum atomic E-state index is 3.46. The molecule has 60 valence electrons. The average molecular weight is 343 g/mol. The van der Waals surface area contributed by atoms with Crippen LogP contribution in [0.5, 0.6) is 0 Å². The van der Waals surface area contributed by atoms with Gasteiger partial charge < -0.3 is 0 Å². The molecule has 1 rings (SSSR count). The Morgan fingerprint density at radius 3 is 2.82 bits per heavy atom. The molecule has 0 atom stereocenters. The molecule has 0 fully saturated rings. The zero-order valence-corrected chi connectivity index (χ0v) is 10.7. The summed E-state index contributed by atoms with van der Waals surface area (Å²) in [5, 5.41) is 0. The van der Waals surface area contributed by atoms with Crippen molar-refractivity contribution in [2.24, 2.45) is 0 Å². The van der Waals surface area contributed by atoms with E-state index in [9.17, 15) is 0 Å². The van der Waals surface area contributed by atoms with Crippen molar-refractivity contribution in [1.82, 2.24) is 0 Å². The second-order valence-corrected chi connectivity index (χ2v) is 5.36. The van der Waals surface area contributed by atoms with Crippen molar-refractivity contribution >= 4 is 50.3 Å². The molecular formula is C8H8BrIS. The van der Waals surface area contributed by atoms with Gasteiger partial charge in [0, 0.05) is 12.9 Å². The van der Waals surface area contributed by atoms with E-state index in [1.807, 2.05) is 11.8 Å². The molecule has 0 spiro atoms. The van der Waals surface area contributed by atoms with E-state index in [1.54, 1.807) is 0 Å². The van der Waals surface area contributed by atoms with Crippen LogP contribution in [0.1, 0.15) is 6.92 Å². The van der Waals surface area contributed by atoms with Crippen molar-refractivity contribution < 1.29 is 0 Å².